The van der Waals surface area contributed by atoms with Gasteiger partial charge in [-0.25, -0.2) is 0 Å². The molecule has 0 radical (unpaired) electrons. The predicted octanol–water partition coefficient (Wildman–Crippen LogP) is 0.746. The average molecular weight is 219 g/mol. The molecule has 0 spiro atoms. The molecule has 0 rings (SSSR count). The molecule has 0 aromatic rings. The van der Waals surface area contributed by atoms with Gasteiger partial charge in [-0.3, -0.25) is 14.9 Å². The van der Waals surface area contributed by atoms with Gasteiger partial charge in [0.05, 0.1) is 0 Å². The summed E-state index contributed by atoms with van der Waals surface area (Å²) in [6.07, 6.45) is -0.156. The highest BCUT2D eigenvalue weighted by Crippen LogP contribution is 2.21. The van der Waals surface area contributed by atoms with Crippen molar-refractivity contribution >= 4 is 5.97 Å². The van der Waals surface area contributed by atoms with Crippen molar-refractivity contribution in [2.24, 2.45) is 0 Å². The minimum atomic E-state index is -1.33. The van der Waals surface area contributed by atoms with Crippen LogP contribution in [0.25, 0.3) is 0 Å². The number of aliphatic hydroxyl groups excluding tert-OH is 1. The van der Waals surface area contributed by atoms with E-state index in [0.717, 1.165) is 0 Å². The Hall–Kier alpha value is -1.17. The Morgan fingerprint density at radius 3 is 2.47 bits per heavy atom. The fourth-order valence-corrected chi connectivity index (χ4v) is 1.15. The number of nitro groups is 1. The summed E-state index contributed by atoms with van der Waals surface area (Å²) < 4.78 is 4.89. The van der Waals surface area contributed by atoms with Crippen LogP contribution < -0.4 is 0 Å². The van der Waals surface area contributed by atoms with Crippen LogP contribution in [0.5, 0.6) is 0 Å². The summed E-state index contributed by atoms with van der Waals surface area (Å²) in [6.45, 7) is 3.93. The van der Waals surface area contributed by atoms with Crippen molar-refractivity contribution < 1.29 is 19.6 Å². The average Bonchev–Trinajstić information content (AvgIpc) is 2.11. The van der Waals surface area contributed by atoms with Gasteiger partial charge in [0, 0.05) is 32.3 Å². The molecule has 0 fully saturated rings. The monoisotopic (exact) mass is 219 g/mol. The maximum Gasteiger partial charge on any atom is 0.303 e. The molecule has 1 atom stereocenters. The Morgan fingerprint density at radius 1 is 1.60 bits per heavy atom. The third-order valence-corrected chi connectivity index (χ3v) is 2.19. The summed E-state index contributed by atoms with van der Waals surface area (Å²) >= 11 is 0. The van der Waals surface area contributed by atoms with Crippen LogP contribution in [0.15, 0.2) is 0 Å². The minimum Gasteiger partial charge on any atom is -0.455 e. The molecule has 0 aliphatic rings. The highest BCUT2D eigenvalue weighted by atomic mass is 16.6. The van der Waals surface area contributed by atoms with Gasteiger partial charge in [0.15, 0.2) is 6.10 Å². The predicted molar refractivity (Wildman–Crippen MR) is 52.9 cm³/mol. The molecule has 6 nitrogen and oxygen atoms in total. The number of esters is 1. The van der Waals surface area contributed by atoms with Crippen LogP contribution in [0.2, 0.25) is 0 Å². The number of ether oxygens (including phenoxy) is 1. The van der Waals surface area contributed by atoms with E-state index in [4.69, 9.17) is 9.84 Å². The van der Waals surface area contributed by atoms with E-state index in [1.165, 1.54) is 20.8 Å². The first-order valence-corrected chi connectivity index (χ1v) is 4.75. The molecule has 0 saturated heterocycles. The Bertz CT molecular complexity index is 239. The van der Waals surface area contributed by atoms with Gasteiger partial charge in [-0.1, -0.05) is 0 Å². The fraction of sp³-hybridized carbons (Fsp3) is 0.889. The lowest BCUT2D eigenvalue weighted by molar-refractivity contribution is -0.573. The number of aliphatic hydroxyl groups is 1. The summed E-state index contributed by atoms with van der Waals surface area (Å²) in [5.74, 6) is -0.548. The van der Waals surface area contributed by atoms with Gasteiger partial charge in [0.25, 0.3) is 5.54 Å². The second-order valence-corrected chi connectivity index (χ2v) is 3.87. The van der Waals surface area contributed by atoms with Crippen molar-refractivity contribution in [3.05, 3.63) is 10.1 Å². The van der Waals surface area contributed by atoms with Crippen molar-refractivity contribution in [3.8, 4) is 0 Å². The number of nitrogens with zero attached hydrogens (tertiary/aromatic N) is 1. The highest BCUT2D eigenvalue weighted by molar-refractivity contribution is 5.66. The van der Waals surface area contributed by atoms with Crippen molar-refractivity contribution in [2.45, 2.75) is 45.3 Å². The van der Waals surface area contributed by atoms with Crippen LogP contribution in [0.1, 0.15) is 33.6 Å². The SMILES string of the molecule is CC(=O)OC(CCCO)C(C)(C)[N+](=O)[O-]. The molecule has 0 bridgehead atoms. The third-order valence-electron chi connectivity index (χ3n) is 2.19. The van der Waals surface area contributed by atoms with Crippen LogP contribution >= 0.6 is 0 Å². The van der Waals surface area contributed by atoms with Crippen molar-refractivity contribution in [1.29, 1.82) is 0 Å². The van der Waals surface area contributed by atoms with Crippen LogP contribution in [0.3, 0.4) is 0 Å². The standard InChI is InChI=1S/C9H17NO5/c1-7(12)15-8(5-4-6-11)9(2,3)10(13)14/h8,11H,4-6H2,1-3H3. The molecule has 0 aliphatic heterocycles. The fourth-order valence-electron chi connectivity index (χ4n) is 1.15. The molecule has 1 N–H and O–H groups in total. The van der Waals surface area contributed by atoms with E-state index in [1.54, 1.807) is 0 Å². The van der Waals surface area contributed by atoms with E-state index in [1.807, 2.05) is 0 Å². The van der Waals surface area contributed by atoms with Gasteiger partial charge < -0.3 is 9.84 Å². The largest absolute Gasteiger partial charge is 0.455 e. The smallest absolute Gasteiger partial charge is 0.303 e. The molecule has 0 heterocycles. The second kappa shape index (κ2) is 5.65. The lowest BCUT2D eigenvalue weighted by Gasteiger charge is -2.25. The van der Waals surface area contributed by atoms with Gasteiger partial charge in [-0.15, -0.1) is 0 Å². The molecule has 0 aromatic carbocycles. The van der Waals surface area contributed by atoms with Crippen LogP contribution in [0, 0.1) is 10.1 Å². The van der Waals surface area contributed by atoms with Gasteiger partial charge in [-0.2, -0.15) is 0 Å². The van der Waals surface area contributed by atoms with E-state index in [0.29, 0.717) is 6.42 Å². The molecule has 0 aliphatic carbocycles. The topological polar surface area (TPSA) is 89.7 Å². The quantitative estimate of drug-likeness (QED) is 0.404. The minimum absolute atomic E-state index is 0.0778. The summed E-state index contributed by atoms with van der Waals surface area (Å²) in [7, 11) is 0. The van der Waals surface area contributed by atoms with E-state index >= 15 is 0 Å². The zero-order chi connectivity index (χ0) is 12.1. The van der Waals surface area contributed by atoms with Crippen molar-refractivity contribution in [3.63, 3.8) is 0 Å². The van der Waals surface area contributed by atoms with E-state index in [9.17, 15) is 14.9 Å². The lowest BCUT2D eigenvalue weighted by atomic mass is 9.94. The van der Waals surface area contributed by atoms with E-state index in [2.05, 4.69) is 0 Å². The second-order valence-electron chi connectivity index (χ2n) is 3.87. The van der Waals surface area contributed by atoms with Crippen LogP contribution in [-0.4, -0.2) is 34.2 Å². The Labute approximate surface area is 88.4 Å². The van der Waals surface area contributed by atoms with Gasteiger partial charge in [0.2, 0.25) is 0 Å². The molecule has 6 heteroatoms. The normalized spacial score (nSPS) is 13.3. The number of hydrogen-bond donors (Lipinski definition) is 1. The van der Waals surface area contributed by atoms with E-state index < -0.39 is 22.5 Å². The number of rotatable bonds is 6. The zero-order valence-electron chi connectivity index (χ0n) is 9.23. The van der Waals surface area contributed by atoms with Crippen molar-refractivity contribution in [2.75, 3.05) is 6.61 Å². The molecule has 88 valence electrons. The van der Waals surface area contributed by atoms with Gasteiger partial charge in [0.1, 0.15) is 0 Å². The number of hydrogen-bond acceptors (Lipinski definition) is 5. The molecule has 0 aromatic heterocycles. The summed E-state index contributed by atoms with van der Waals surface area (Å²) in [6, 6.07) is 0. The Balaban J connectivity index is 4.59. The first-order valence-electron chi connectivity index (χ1n) is 4.75. The maximum absolute atomic E-state index is 10.8. The van der Waals surface area contributed by atoms with Gasteiger partial charge >= 0.3 is 5.97 Å². The van der Waals surface area contributed by atoms with Crippen LogP contribution in [0.4, 0.5) is 0 Å². The molecule has 1 unspecified atom stereocenters. The first kappa shape index (κ1) is 13.8. The summed E-state index contributed by atoms with van der Waals surface area (Å²) in [5, 5.41) is 19.4. The third kappa shape index (κ3) is 4.24. The molecule has 0 amide bonds. The molecular formula is C9H17NO5. The Morgan fingerprint density at radius 2 is 2.13 bits per heavy atom. The number of carbonyl (C=O) groups is 1. The van der Waals surface area contributed by atoms with Crippen LogP contribution in [-0.2, 0) is 9.53 Å². The Kier molecular flexibility index (Phi) is 5.21. The first-order chi connectivity index (χ1) is 6.82. The summed E-state index contributed by atoms with van der Waals surface area (Å²) in [4.78, 5) is 21.1. The van der Waals surface area contributed by atoms with E-state index in [-0.39, 0.29) is 13.0 Å². The molecule has 15 heavy (non-hydrogen) atoms. The van der Waals surface area contributed by atoms with Crippen molar-refractivity contribution in [1.82, 2.24) is 0 Å². The molecular weight excluding hydrogens is 202 g/mol. The zero-order valence-corrected chi connectivity index (χ0v) is 9.23. The lowest BCUT2D eigenvalue weighted by Crippen LogP contribution is -2.46. The maximum atomic E-state index is 10.8. The van der Waals surface area contributed by atoms with Gasteiger partial charge in [-0.05, 0) is 12.8 Å². The summed E-state index contributed by atoms with van der Waals surface area (Å²) in [5.41, 5.74) is -1.33. The highest BCUT2D eigenvalue weighted by Gasteiger charge is 2.42. The number of carbonyl (C=O) groups excluding carboxylic acids is 1. The molecule has 0 saturated carbocycles.